The highest BCUT2D eigenvalue weighted by atomic mass is 16.5. The van der Waals surface area contributed by atoms with E-state index in [1.807, 2.05) is 61.6 Å². The van der Waals surface area contributed by atoms with Gasteiger partial charge in [0.25, 0.3) is 0 Å². The van der Waals surface area contributed by atoms with E-state index >= 15 is 0 Å². The third-order valence-electron chi connectivity index (χ3n) is 5.23. The van der Waals surface area contributed by atoms with Gasteiger partial charge in [-0.25, -0.2) is 4.68 Å². The molecule has 178 valence electrons. The fourth-order valence-electron chi connectivity index (χ4n) is 3.68. The van der Waals surface area contributed by atoms with Crippen molar-refractivity contribution in [3.8, 4) is 28.6 Å². The van der Waals surface area contributed by atoms with E-state index in [1.54, 1.807) is 26.0 Å². The van der Waals surface area contributed by atoms with Gasteiger partial charge in [0.2, 0.25) is 5.88 Å². The molecule has 0 saturated carbocycles. The van der Waals surface area contributed by atoms with Crippen molar-refractivity contribution < 1.29 is 24.1 Å². The third kappa shape index (κ3) is 6.55. The van der Waals surface area contributed by atoms with Crippen LogP contribution < -0.4 is 9.47 Å². The van der Waals surface area contributed by atoms with Gasteiger partial charge in [-0.05, 0) is 12.1 Å². The Balaban J connectivity index is 2.01. The molecule has 0 radical (unpaired) electrons. The molecule has 0 aliphatic carbocycles. The van der Waals surface area contributed by atoms with Crippen LogP contribution in [-0.4, -0.2) is 73.5 Å². The number of benzene rings is 2. The first kappa shape index (κ1) is 24.7. The summed E-state index contributed by atoms with van der Waals surface area (Å²) in [6.45, 7) is 2.35. The summed E-state index contributed by atoms with van der Waals surface area (Å²) in [5.41, 5.74) is 2.73. The molecule has 1 aromatic heterocycles. The highest BCUT2D eigenvalue weighted by Gasteiger charge is 2.24. The zero-order valence-electron chi connectivity index (χ0n) is 19.7. The molecule has 1 heterocycles. The Morgan fingerprint density at radius 2 is 1.67 bits per heavy atom. The fraction of sp³-hybridized carbons (Fsp3) is 0.400. The topological polar surface area (TPSA) is 78.2 Å². The number of aliphatic hydroxyl groups is 1. The lowest BCUT2D eigenvalue weighted by Gasteiger charge is -2.25. The highest BCUT2D eigenvalue weighted by molar-refractivity contribution is 5.65. The summed E-state index contributed by atoms with van der Waals surface area (Å²) in [4.78, 5) is 2.12. The predicted molar refractivity (Wildman–Crippen MR) is 127 cm³/mol. The summed E-state index contributed by atoms with van der Waals surface area (Å²) in [5.74, 6) is 1.85. The first-order chi connectivity index (χ1) is 16.1. The molecular formula is C25H33N3O5. The van der Waals surface area contributed by atoms with Crippen molar-refractivity contribution >= 4 is 0 Å². The molecule has 33 heavy (non-hydrogen) atoms. The van der Waals surface area contributed by atoms with Gasteiger partial charge in [0, 0.05) is 46.5 Å². The maximum Gasteiger partial charge on any atom is 0.222 e. The van der Waals surface area contributed by atoms with Crippen molar-refractivity contribution in [1.29, 1.82) is 0 Å². The van der Waals surface area contributed by atoms with Crippen molar-refractivity contribution in [3.05, 3.63) is 60.2 Å². The fourth-order valence-corrected chi connectivity index (χ4v) is 3.68. The van der Waals surface area contributed by atoms with Gasteiger partial charge < -0.3 is 24.1 Å². The van der Waals surface area contributed by atoms with Gasteiger partial charge in [-0.2, -0.15) is 5.10 Å². The van der Waals surface area contributed by atoms with Crippen LogP contribution >= 0.6 is 0 Å². The average molecular weight is 456 g/mol. The monoisotopic (exact) mass is 455 g/mol. The van der Waals surface area contributed by atoms with Crippen LogP contribution in [0.2, 0.25) is 0 Å². The smallest absolute Gasteiger partial charge is 0.222 e. The first-order valence-electron chi connectivity index (χ1n) is 10.9. The second kappa shape index (κ2) is 12.4. The number of aliphatic hydroxyl groups excluding tert-OH is 1. The Kier molecular flexibility index (Phi) is 9.26. The largest absolute Gasteiger partial charge is 0.493 e. The number of ether oxygens (including phenoxy) is 4. The van der Waals surface area contributed by atoms with E-state index in [4.69, 9.17) is 24.0 Å². The summed E-state index contributed by atoms with van der Waals surface area (Å²) in [6.07, 6.45) is -0.623. The van der Waals surface area contributed by atoms with E-state index in [2.05, 4.69) is 4.90 Å². The number of para-hydroxylation sites is 2. The van der Waals surface area contributed by atoms with Crippen LogP contribution in [0.4, 0.5) is 0 Å². The Morgan fingerprint density at radius 3 is 2.33 bits per heavy atom. The van der Waals surface area contributed by atoms with Crippen LogP contribution in [-0.2, 0) is 23.1 Å². The molecule has 3 rings (SSSR count). The van der Waals surface area contributed by atoms with Gasteiger partial charge in [0.15, 0.2) is 11.5 Å². The van der Waals surface area contributed by atoms with Crippen molar-refractivity contribution in [2.45, 2.75) is 12.6 Å². The molecule has 8 heteroatoms. The summed E-state index contributed by atoms with van der Waals surface area (Å²) in [5, 5.41) is 15.2. The van der Waals surface area contributed by atoms with E-state index in [0.717, 1.165) is 16.8 Å². The SMILES string of the molecule is COCCN(Cc1c(-c2ccccc2)nn(C)c1Oc1ccccc1OC)CC(O)COC. The molecule has 0 spiro atoms. The predicted octanol–water partition coefficient (Wildman–Crippen LogP) is 3.34. The lowest BCUT2D eigenvalue weighted by molar-refractivity contribution is 0.0292. The lowest BCUT2D eigenvalue weighted by atomic mass is 10.1. The number of rotatable bonds is 13. The Hall–Kier alpha value is -2.91. The van der Waals surface area contributed by atoms with Crippen molar-refractivity contribution in [2.75, 3.05) is 47.6 Å². The molecule has 0 aliphatic heterocycles. The van der Waals surface area contributed by atoms with Gasteiger partial charge in [-0.3, -0.25) is 4.90 Å². The second-order valence-electron chi connectivity index (χ2n) is 7.71. The number of aryl methyl sites for hydroxylation is 1. The molecule has 0 saturated heterocycles. The van der Waals surface area contributed by atoms with Gasteiger partial charge in [-0.15, -0.1) is 0 Å². The number of hydrogen-bond donors (Lipinski definition) is 1. The third-order valence-corrected chi connectivity index (χ3v) is 5.23. The van der Waals surface area contributed by atoms with Gasteiger partial charge in [0.1, 0.15) is 5.69 Å². The standard InChI is InChI=1S/C25H33N3O5/c1-27-25(33-23-13-9-8-12-22(23)32-4)21(24(26-27)19-10-6-5-7-11-19)17-28(14-15-30-2)16-20(29)18-31-3/h5-13,20,29H,14-18H2,1-4H3. The lowest BCUT2D eigenvalue weighted by Crippen LogP contribution is -2.36. The molecule has 1 N–H and O–H groups in total. The molecule has 2 aromatic carbocycles. The van der Waals surface area contributed by atoms with Gasteiger partial charge >= 0.3 is 0 Å². The number of nitrogens with zero attached hydrogens (tertiary/aromatic N) is 3. The summed E-state index contributed by atoms with van der Waals surface area (Å²) < 4.78 is 24.0. The normalized spacial score (nSPS) is 12.2. The number of methoxy groups -OCH3 is 3. The van der Waals surface area contributed by atoms with Crippen molar-refractivity contribution in [2.24, 2.45) is 7.05 Å². The maximum absolute atomic E-state index is 10.4. The van der Waals surface area contributed by atoms with Crippen LogP contribution in [0.1, 0.15) is 5.56 Å². The molecular weight excluding hydrogens is 422 g/mol. The summed E-state index contributed by atoms with van der Waals surface area (Å²) >= 11 is 0. The molecule has 0 bridgehead atoms. The van der Waals surface area contributed by atoms with Crippen LogP contribution in [0.15, 0.2) is 54.6 Å². The van der Waals surface area contributed by atoms with Gasteiger partial charge in [-0.1, -0.05) is 42.5 Å². The van der Waals surface area contributed by atoms with E-state index in [9.17, 15) is 5.11 Å². The Morgan fingerprint density at radius 1 is 0.970 bits per heavy atom. The number of hydrogen-bond acceptors (Lipinski definition) is 7. The van der Waals surface area contributed by atoms with E-state index in [-0.39, 0.29) is 6.61 Å². The van der Waals surface area contributed by atoms with Crippen LogP contribution in [0.5, 0.6) is 17.4 Å². The molecule has 8 nitrogen and oxygen atoms in total. The van der Waals surface area contributed by atoms with Crippen molar-refractivity contribution in [3.63, 3.8) is 0 Å². The minimum Gasteiger partial charge on any atom is -0.493 e. The minimum atomic E-state index is -0.623. The first-order valence-corrected chi connectivity index (χ1v) is 10.9. The molecule has 0 aliphatic rings. The van der Waals surface area contributed by atoms with E-state index in [0.29, 0.717) is 43.6 Å². The maximum atomic E-state index is 10.4. The van der Waals surface area contributed by atoms with Crippen LogP contribution in [0.25, 0.3) is 11.3 Å². The zero-order chi connectivity index (χ0) is 23.6. The Labute approximate surface area is 195 Å². The van der Waals surface area contributed by atoms with Crippen LogP contribution in [0, 0.1) is 0 Å². The van der Waals surface area contributed by atoms with E-state index in [1.165, 1.54) is 0 Å². The van der Waals surface area contributed by atoms with Crippen LogP contribution in [0.3, 0.4) is 0 Å². The summed E-state index contributed by atoms with van der Waals surface area (Å²) in [7, 11) is 6.72. The average Bonchev–Trinajstić information content (AvgIpc) is 3.13. The Bertz CT molecular complexity index is 993. The quantitative estimate of drug-likeness (QED) is 0.423. The molecule has 3 aromatic rings. The molecule has 1 atom stereocenters. The minimum absolute atomic E-state index is 0.257. The zero-order valence-corrected chi connectivity index (χ0v) is 19.7. The summed E-state index contributed by atoms with van der Waals surface area (Å²) in [6, 6.07) is 17.5. The van der Waals surface area contributed by atoms with Crippen molar-refractivity contribution in [1.82, 2.24) is 14.7 Å². The van der Waals surface area contributed by atoms with Gasteiger partial charge in [0.05, 0.1) is 32.0 Å². The second-order valence-corrected chi connectivity index (χ2v) is 7.71. The molecule has 1 unspecified atom stereocenters. The highest BCUT2D eigenvalue weighted by Crippen LogP contribution is 2.37. The number of aromatic nitrogens is 2. The van der Waals surface area contributed by atoms with E-state index < -0.39 is 6.10 Å². The molecule has 0 fully saturated rings. The molecule has 0 amide bonds.